The molecule has 24 nitrogen and oxygen atoms in total. The Morgan fingerprint density at radius 2 is 0.586 bits per heavy atom. The van der Waals surface area contributed by atoms with Crippen LogP contribution in [0.15, 0.2) is 231 Å². The number of benzene rings is 13. The number of rotatable bonds is 32. The fourth-order valence-electron chi connectivity index (χ4n) is 14.8. The maximum Gasteiger partial charge on any atom is 0.330 e. The molecule has 2 N–H and O–H groups in total. The van der Waals surface area contributed by atoms with Crippen molar-refractivity contribution in [1.82, 2.24) is 9.80 Å². The topological polar surface area (TPSA) is 292 Å². The largest absolute Gasteiger partial charge is 0.508 e. The zero-order chi connectivity index (χ0) is 78.7. The van der Waals surface area contributed by atoms with Gasteiger partial charge in [-0.05, 0) is 119 Å². The number of esters is 2. The number of nitrogens with zero attached hydrogens (tertiary/aromatic N) is 2. The van der Waals surface area contributed by atoms with Crippen LogP contribution in [0.2, 0.25) is 0 Å². The smallest absolute Gasteiger partial charge is 0.330 e. The first kappa shape index (κ1) is 72.5. The number of ether oxygens (including phenoxy) is 14. The van der Waals surface area contributed by atoms with Gasteiger partial charge >= 0.3 is 11.9 Å². The molecule has 0 aliphatic carbocycles. The molecular weight excluding hydrogens is 1490 g/mol. The van der Waals surface area contributed by atoms with Crippen molar-refractivity contribution in [1.29, 1.82) is 0 Å². The first-order chi connectivity index (χ1) is 56.7. The number of amides is 4. The molecule has 0 spiro atoms. The van der Waals surface area contributed by atoms with Crippen LogP contribution in [0.4, 0.5) is 0 Å². The number of imide groups is 2. The highest BCUT2D eigenvalue weighted by molar-refractivity contribution is 6.45. The van der Waals surface area contributed by atoms with E-state index in [1.807, 2.05) is 12.1 Å². The highest BCUT2D eigenvalue weighted by atomic mass is 16.6. The first-order valence-corrected chi connectivity index (χ1v) is 37.9. The molecule has 6 aliphatic heterocycles. The maximum atomic E-state index is 16.8. The molecule has 24 heteroatoms. The highest BCUT2D eigenvalue weighted by Gasteiger charge is 2.48. The Morgan fingerprint density at radius 1 is 0.319 bits per heavy atom. The average molecular weight is 1560 g/mol. The van der Waals surface area contributed by atoms with E-state index in [9.17, 15) is 10.2 Å². The van der Waals surface area contributed by atoms with Gasteiger partial charge in [-0.25, -0.2) is 9.59 Å². The fraction of sp³-hybridized carbons (Fsp3) is 0.196. The molecule has 116 heavy (non-hydrogen) atoms. The molecule has 0 saturated carbocycles. The molecule has 0 aromatic heterocycles. The van der Waals surface area contributed by atoms with E-state index in [4.69, 9.17) is 66.3 Å². The quantitative estimate of drug-likeness (QED) is 0.0130. The summed E-state index contributed by atoms with van der Waals surface area (Å²) in [6, 6.07) is 59.7. The number of phenolic OH excluding ortho intramolecular Hbond substituents is 2. The van der Waals surface area contributed by atoms with Crippen molar-refractivity contribution in [3.8, 4) is 80.5 Å². The minimum atomic E-state index is -1.67. The summed E-state index contributed by atoms with van der Waals surface area (Å²) < 4.78 is 88.8. The minimum absolute atomic E-state index is 0.0424. The molecule has 6 aliphatic rings. The lowest BCUT2D eigenvalue weighted by Crippen LogP contribution is -2.52. The Morgan fingerprint density at radius 3 is 0.853 bits per heavy atom. The number of carbonyl (C=O) groups is 6. The lowest BCUT2D eigenvalue weighted by molar-refractivity contribution is -0.150. The number of phenols is 2. The van der Waals surface area contributed by atoms with Gasteiger partial charge in [-0.2, -0.15) is 0 Å². The van der Waals surface area contributed by atoms with E-state index in [1.54, 1.807) is 170 Å². The third-order valence-electron chi connectivity index (χ3n) is 20.8. The molecule has 13 aromatic carbocycles. The van der Waals surface area contributed by atoms with Crippen LogP contribution in [0, 0.1) is 0 Å². The standard InChI is InChI=1S/C92H70N2O22/c95-55-27-23-51(24-28-55)31-73(91(101)111-41-53-11-3-1-4-12-53)93-87(97)69-37-75(113-61-19-7-15-57(33-61)103-43-65-47-107-65)81-83-77(115-63-21-9-17-59(35-63)105-45-67-49-109-67)39-71-80-72(90(100)94(89(71)99)74(32-52-25-29-56(96)30-26-52)92(102)112-42-54-13-5-2-6-14-54)40-78(116-64-22-10-18-60(36-64)106-46-68-50-110-68)84(86(80)83)82-76(38-70(88(93)98)79(69)85(81)82)114-62-20-8-16-58(34-62)104-44-66-48-108-66/h1-30,33-40,65-68,73-74,95-96H,31-32,41-50H2. The summed E-state index contributed by atoms with van der Waals surface area (Å²) in [5.74, 6) is -3.85. The van der Waals surface area contributed by atoms with Crippen LogP contribution in [0.1, 0.15) is 63.7 Å². The molecule has 6 heterocycles. The zero-order valence-corrected chi connectivity index (χ0v) is 61.8. The first-order valence-electron chi connectivity index (χ1n) is 37.9. The van der Waals surface area contributed by atoms with Crippen LogP contribution in [0.5, 0.6) is 80.5 Å². The third kappa shape index (κ3) is 15.0. The summed E-state index contributed by atoms with van der Waals surface area (Å²) >= 11 is 0. The molecule has 13 aromatic rings. The summed E-state index contributed by atoms with van der Waals surface area (Å²) in [5.41, 5.74) is 1.59. The molecule has 6 atom stereocenters. The van der Waals surface area contributed by atoms with Crippen molar-refractivity contribution in [2.45, 2.75) is 62.6 Å². The van der Waals surface area contributed by atoms with E-state index >= 15 is 28.8 Å². The van der Waals surface area contributed by atoms with Gasteiger partial charge in [0, 0.05) is 80.2 Å². The third-order valence-corrected chi connectivity index (χ3v) is 20.8. The molecule has 0 bridgehead atoms. The van der Waals surface area contributed by atoms with Crippen molar-refractivity contribution in [2.75, 3.05) is 52.9 Å². The summed E-state index contributed by atoms with van der Waals surface area (Å²) in [6.07, 6.45) is -1.13. The Bertz CT molecular complexity index is 5430. The van der Waals surface area contributed by atoms with Gasteiger partial charge in [0.2, 0.25) is 0 Å². The van der Waals surface area contributed by atoms with Crippen molar-refractivity contribution in [3.05, 3.63) is 275 Å². The van der Waals surface area contributed by atoms with Gasteiger partial charge in [-0.3, -0.25) is 29.0 Å². The van der Waals surface area contributed by atoms with E-state index in [1.165, 1.54) is 48.5 Å². The van der Waals surface area contributed by atoms with E-state index in [0.717, 1.165) is 9.80 Å². The number of aromatic hydroxyl groups is 2. The lowest BCUT2D eigenvalue weighted by Gasteiger charge is -2.35. The zero-order valence-electron chi connectivity index (χ0n) is 61.8. The second-order valence-corrected chi connectivity index (χ2v) is 29.0. The number of hydrogen-bond acceptors (Lipinski definition) is 22. The highest BCUT2D eigenvalue weighted by Crippen LogP contribution is 2.59. The molecule has 6 unspecified atom stereocenters. The van der Waals surface area contributed by atoms with Crippen LogP contribution in [-0.4, -0.2) is 145 Å². The van der Waals surface area contributed by atoms with Crippen LogP contribution in [-0.2, 0) is 64.1 Å². The monoisotopic (exact) mass is 1550 g/mol. The summed E-state index contributed by atoms with van der Waals surface area (Å²) in [5, 5.41) is 22.0. The van der Waals surface area contributed by atoms with Gasteiger partial charge < -0.3 is 76.5 Å². The molecule has 580 valence electrons. The number of epoxide rings is 4. The van der Waals surface area contributed by atoms with Crippen molar-refractivity contribution in [3.63, 3.8) is 0 Å². The average Bonchev–Trinajstić information content (AvgIpc) is 0.870. The van der Waals surface area contributed by atoms with Crippen molar-refractivity contribution < 1.29 is 105 Å². The van der Waals surface area contributed by atoms with Crippen molar-refractivity contribution in [2.24, 2.45) is 0 Å². The summed E-state index contributed by atoms with van der Waals surface area (Å²) in [6.45, 7) is 2.43. The Labute approximate surface area is 661 Å². The van der Waals surface area contributed by atoms with Crippen molar-refractivity contribution >= 4 is 78.7 Å². The molecule has 19 rings (SSSR count). The van der Waals surface area contributed by atoms with Gasteiger partial charge in [0.1, 0.15) is 157 Å². The number of fused-ring (bicyclic) bond motifs is 2. The molecule has 4 amide bonds. The number of hydrogen-bond donors (Lipinski definition) is 2. The Balaban J connectivity index is 0.911. The second-order valence-electron chi connectivity index (χ2n) is 29.0. The lowest BCUT2D eigenvalue weighted by atomic mass is 9.80. The van der Waals surface area contributed by atoms with Crippen LogP contribution < -0.4 is 37.9 Å². The minimum Gasteiger partial charge on any atom is -0.508 e. The van der Waals surface area contributed by atoms with Gasteiger partial charge in [0.15, 0.2) is 0 Å². The van der Waals surface area contributed by atoms with E-state index in [-0.39, 0.29) is 200 Å². The van der Waals surface area contributed by atoms with E-state index < -0.39 is 47.7 Å². The van der Waals surface area contributed by atoms with E-state index in [2.05, 4.69) is 0 Å². The predicted octanol–water partition coefficient (Wildman–Crippen LogP) is 15.3. The van der Waals surface area contributed by atoms with E-state index in [0.29, 0.717) is 71.7 Å². The second kappa shape index (κ2) is 30.6. The summed E-state index contributed by atoms with van der Waals surface area (Å²) in [7, 11) is 0. The normalized spacial score (nSPS) is 17.4. The summed E-state index contributed by atoms with van der Waals surface area (Å²) in [4.78, 5) is 99.4. The van der Waals surface area contributed by atoms with Gasteiger partial charge in [-0.1, -0.05) is 109 Å². The molecule has 4 saturated heterocycles. The Hall–Kier alpha value is -13.8. The van der Waals surface area contributed by atoms with Gasteiger partial charge in [0.05, 0.1) is 48.7 Å². The SMILES string of the molecule is O=C(OCc1ccccc1)C(Cc1ccc(O)cc1)N1C(=O)c2cc(Oc3cccc(OCC4CO4)c3)c3c4c(Oc5cccc(OCC6CO6)c5)cc5c6c(cc(Oc7cccc(OCC8CO8)c7)c(c7c(Oc8cccc(OCC9CO9)c8)cc(c2c37)C1=O)c64)C(=O)N(C(Cc1ccc(O)cc1)C(=O)OCc1ccccc1)C5=O. The fourth-order valence-corrected chi connectivity index (χ4v) is 14.8. The molecule has 0 radical (unpaired) electrons. The Kier molecular flexibility index (Phi) is 19.1. The maximum absolute atomic E-state index is 16.8. The van der Waals surface area contributed by atoms with Crippen LogP contribution >= 0.6 is 0 Å². The molecular formula is C92H70N2O22. The predicted molar refractivity (Wildman–Crippen MR) is 419 cm³/mol. The van der Waals surface area contributed by atoms with Gasteiger partial charge in [-0.15, -0.1) is 0 Å². The van der Waals surface area contributed by atoms with Crippen LogP contribution in [0.3, 0.4) is 0 Å². The van der Waals surface area contributed by atoms with Gasteiger partial charge in [0.25, 0.3) is 23.6 Å². The number of carbonyl (C=O) groups excluding carboxylic acids is 6. The van der Waals surface area contributed by atoms with Crippen LogP contribution in [0.25, 0.3) is 43.1 Å². The molecule has 4 fully saturated rings.